The van der Waals surface area contributed by atoms with Crippen molar-refractivity contribution in [2.24, 2.45) is 5.73 Å². The van der Waals surface area contributed by atoms with Crippen LogP contribution in [-0.4, -0.2) is 66.5 Å². The molecule has 0 bridgehead atoms. The van der Waals surface area contributed by atoms with Gasteiger partial charge in [-0.05, 0) is 39.0 Å². The van der Waals surface area contributed by atoms with E-state index in [1.54, 1.807) is 18.7 Å². The Kier molecular flexibility index (Phi) is 7.01. The summed E-state index contributed by atoms with van der Waals surface area (Å²) in [6.45, 7) is 9.24. The molecular weight excluding hydrogens is 336 g/mol. The summed E-state index contributed by atoms with van der Waals surface area (Å²) in [5.74, 6) is -0.110. The third kappa shape index (κ3) is 5.57. The molecule has 3 N–H and O–H groups in total. The van der Waals surface area contributed by atoms with Crippen LogP contribution in [0, 0.1) is 0 Å². The lowest BCUT2D eigenvalue weighted by molar-refractivity contribution is -0.117. The Hall–Kier alpha value is -1.86. The number of nitrogens with one attached hydrogen (secondary N) is 1. The van der Waals surface area contributed by atoms with Gasteiger partial charge in [-0.15, -0.1) is 0 Å². The van der Waals surface area contributed by atoms with Crippen molar-refractivity contribution < 1.29 is 9.53 Å². The number of carbonyl (C=O) groups is 1. The monoisotopic (exact) mass is 364 g/mol. The molecule has 6 nitrogen and oxygen atoms in total. The van der Waals surface area contributed by atoms with Crippen LogP contribution in [0.5, 0.6) is 0 Å². The van der Waals surface area contributed by atoms with Gasteiger partial charge in [0, 0.05) is 42.7 Å². The average Bonchev–Trinajstić information content (AvgIpc) is 2.60. The van der Waals surface area contributed by atoms with Crippen molar-refractivity contribution in [1.82, 2.24) is 15.1 Å². The molecule has 2 unspecified atom stereocenters. The lowest BCUT2D eigenvalue weighted by Crippen LogP contribution is -2.46. The van der Waals surface area contributed by atoms with E-state index < -0.39 is 0 Å². The summed E-state index contributed by atoms with van der Waals surface area (Å²) >= 11 is 1.72. The quantitative estimate of drug-likeness (QED) is 0.546. The highest BCUT2D eigenvalue weighted by atomic mass is 32.2. The molecule has 25 heavy (non-hydrogen) atoms. The minimum atomic E-state index is -0.172. The van der Waals surface area contributed by atoms with Gasteiger partial charge in [-0.2, -0.15) is 11.8 Å². The molecule has 1 aliphatic carbocycles. The predicted molar refractivity (Wildman–Crippen MR) is 104 cm³/mol. The van der Waals surface area contributed by atoms with Crippen molar-refractivity contribution in [3.8, 4) is 0 Å². The lowest BCUT2D eigenvalue weighted by atomic mass is 10.0. The van der Waals surface area contributed by atoms with Gasteiger partial charge in [-0.1, -0.05) is 6.08 Å². The minimum absolute atomic E-state index is 0.0620. The Balaban J connectivity index is 2.05. The van der Waals surface area contributed by atoms with E-state index in [9.17, 15) is 4.79 Å². The van der Waals surface area contributed by atoms with Crippen molar-refractivity contribution >= 4 is 17.7 Å². The van der Waals surface area contributed by atoms with Crippen LogP contribution < -0.4 is 11.1 Å². The maximum Gasteiger partial charge on any atom is 0.250 e. The van der Waals surface area contributed by atoms with E-state index in [4.69, 9.17) is 10.5 Å². The smallest absolute Gasteiger partial charge is 0.250 e. The number of thioether (sulfide) groups is 1. The summed E-state index contributed by atoms with van der Waals surface area (Å²) in [5.41, 5.74) is 6.99. The summed E-state index contributed by atoms with van der Waals surface area (Å²) in [4.78, 5) is 17.1. The largest absolute Gasteiger partial charge is 0.449 e. The molecule has 1 saturated heterocycles. The zero-order chi connectivity index (χ0) is 18.4. The van der Waals surface area contributed by atoms with E-state index in [1.165, 1.54) is 12.0 Å². The molecule has 1 amide bonds. The second-order valence-electron chi connectivity index (χ2n) is 6.33. The Labute approximate surface area is 154 Å². The fourth-order valence-corrected chi connectivity index (χ4v) is 3.43. The SMILES string of the molecule is C=C(N)O/C=C(\C)C(=O)NC1C=C(N2CCN(C)CC2)C=CC1SC. The van der Waals surface area contributed by atoms with E-state index in [0.717, 1.165) is 26.2 Å². The van der Waals surface area contributed by atoms with Gasteiger partial charge in [-0.25, -0.2) is 0 Å². The molecule has 7 heteroatoms. The highest BCUT2D eigenvalue weighted by Gasteiger charge is 2.25. The topological polar surface area (TPSA) is 70.8 Å². The Morgan fingerprint density at radius 1 is 1.44 bits per heavy atom. The zero-order valence-corrected chi connectivity index (χ0v) is 16.0. The second-order valence-corrected chi connectivity index (χ2v) is 7.34. The van der Waals surface area contributed by atoms with Crippen LogP contribution in [0.1, 0.15) is 6.92 Å². The molecule has 1 heterocycles. The highest BCUT2D eigenvalue weighted by Crippen LogP contribution is 2.23. The molecule has 0 spiro atoms. The highest BCUT2D eigenvalue weighted by molar-refractivity contribution is 7.99. The molecule has 0 radical (unpaired) electrons. The summed E-state index contributed by atoms with van der Waals surface area (Å²) in [6.07, 6.45) is 9.86. The van der Waals surface area contributed by atoms with Crippen molar-refractivity contribution in [2.75, 3.05) is 39.5 Å². The van der Waals surface area contributed by atoms with Crippen LogP contribution in [-0.2, 0) is 9.53 Å². The maximum absolute atomic E-state index is 12.4. The van der Waals surface area contributed by atoms with E-state index in [2.05, 4.69) is 47.0 Å². The molecule has 0 aromatic rings. The number of allylic oxidation sites excluding steroid dienone is 1. The molecule has 2 rings (SSSR count). The van der Waals surface area contributed by atoms with Gasteiger partial charge in [-0.3, -0.25) is 4.79 Å². The van der Waals surface area contributed by atoms with Crippen molar-refractivity contribution in [3.05, 3.63) is 48.2 Å². The van der Waals surface area contributed by atoms with E-state index >= 15 is 0 Å². The first kappa shape index (κ1) is 19.5. The number of rotatable bonds is 6. The summed E-state index contributed by atoms with van der Waals surface area (Å²) in [5, 5.41) is 3.28. The number of piperazine rings is 1. The second kappa shape index (κ2) is 9.01. The van der Waals surface area contributed by atoms with Crippen molar-refractivity contribution in [2.45, 2.75) is 18.2 Å². The number of hydrogen-bond donors (Lipinski definition) is 2. The predicted octanol–water partition coefficient (Wildman–Crippen LogP) is 1.25. The van der Waals surface area contributed by atoms with Crippen LogP contribution in [0.2, 0.25) is 0 Å². The number of carbonyl (C=O) groups excluding carboxylic acids is 1. The number of nitrogens with zero attached hydrogens (tertiary/aromatic N) is 2. The third-order valence-electron chi connectivity index (χ3n) is 4.34. The first-order valence-electron chi connectivity index (χ1n) is 8.35. The van der Waals surface area contributed by atoms with Gasteiger partial charge in [0.1, 0.15) is 6.26 Å². The van der Waals surface area contributed by atoms with E-state index in [1.807, 2.05) is 6.26 Å². The molecule has 0 saturated carbocycles. The van der Waals surface area contributed by atoms with Gasteiger partial charge < -0.3 is 25.6 Å². The minimum Gasteiger partial charge on any atom is -0.449 e. The van der Waals surface area contributed by atoms with Crippen LogP contribution in [0.4, 0.5) is 0 Å². The fraction of sp³-hybridized carbons (Fsp3) is 0.500. The van der Waals surface area contributed by atoms with Crippen LogP contribution in [0.25, 0.3) is 0 Å². The average molecular weight is 365 g/mol. The Bertz CT molecular complexity index is 592. The third-order valence-corrected chi connectivity index (χ3v) is 5.34. The van der Waals surface area contributed by atoms with E-state index in [0.29, 0.717) is 5.57 Å². The number of amides is 1. The lowest BCUT2D eigenvalue weighted by Gasteiger charge is -2.37. The summed E-state index contributed by atoms with van der Waals surface area (Å²) < 4.78 is 5.01. The number of nitrogens with two attached hydrogens (primary N) is 1. The molecule has 2 aliphatic rings. The Morgan fingerprint density at radius 3 is 2.72 bits per heavy atom. The van der Waals surface area contributed by atoms with Crippen molar-refractivity contribution in [1.29, 1.82) is 0 Å². The number of hydrogen-bond acceptors (Lipinski definition) is 6. The van der Waals surface area contributed by atoms with Crippen LogP contribution >= 0.6 is 11.8 Å². The molecule has 2 atom stereocenters. The normalized spacial score (nSPS) is 24.7. The molecule has 1 fully saturated rings. The molecular formula is C18H28N4O2S. The molecule has 1 aliphatic heterocycles. The Morgan fingerprint density at radius 2 is 2.12 bits per heavy atom. The standard InChI is InChI=1S/C18H28N4O2S/c1-13(12-24-14(2)19)18(23)20-16-11-15(5-6-17(16)25-4)22-9-7-21(3)8-10-22/h5-6,11-12,16-17H,2,7-10,19H2,1,3-4H3,(H,20,23)/b13-12+. The van der Waals surface area contributed by atoms with Gasteiger partial charge in [0.25, 0.3) is 5.91 Å². The van der Waals surface area contributed by atoms with Gasteiger partial charge >= 0.3 is 0 Å². The number of likely N-dealkylation sites (N-methyl/N-ethyl adjacent to an activating group) is 1. The van der Waals surface area contributed by atoms with Crippen LogP contribution in [0.15, 0.2) is 48.2 Å². The maximum atomic E-state index is 12.4. The number of ether oxygens (including phenoxy) is 1. The molecule has 0 aromatic carbocycles. The molecule has 138 valence electrons. The van der Waals surface area contributed by atoms with Gasteiger partial charge in [0.2, 0.25) is 0 Å². The fourth-order valence-electron chi connectivity index (χ4n) is 2.75. The zero-order valence-electron chi connectivity index (χ0n) is 15.2. The molecule has 0 aromatic heterocycles. The van der Waals surface area contributed by atoms with E-state index in [-0.39, 0.29) is 23.1 Å². The van der Waals surface area contributed by atoms with Gasteiger partial charge in [0.15, 0.2) is 5.88 Å². The van der Waals surface area contributed by atoms with Gasteiger partial charge in [0.05, 0.1) is 6.04 Å². The summed E-state index contributed by atoms with van der Waals surface area (Å²) in [6, 6.07) is -0.0633. The van der Waals surface area contributed by atoms with Crippen molar-refractivity contribution in [3.63, 3.8) is 0 Å². The van der Waals surface area contributed by atoms with Crippen LogP contribution in [0.3, 0.4) is 0 Å². The first-order chi connectivity index (χ1) is 11.9. The summed E-state index contributed by atoms with van der Waals surface area (Å²) in [7, 11) is 2.14. The first-order valence-corrected chi connectivity index (χ1v) is 9.64.